The summed E-state index contributed by atoms with van der Waals surface area (Å²) >= 11 is 0. The van der Waals surface area contributed by atoms with Crippen molar-refractivity contribution in [2.45, 2.75) is 51.6 Å². The number of rotatable bonds is 4. The van der Waals surface area contributed by atoms with Gasteiger partial charge in [0.2, 0.25) is 5.91 Å². The predicted molar refractivity (Wildman–Crippen MR) is 79.5 cm³/mol. The van der Waals surface area contributed by atoms with Crippen LogP contribution in [0.2, 0.25) is 0 Å². The number of amides is 1. The summed E-state index contributed by atoms with van der Waals surface area (Å²) in [6.45, 7) is 7.94. The minimum Gasteiger partial charge on any atom is -0.341 e. The molecule has 5 heteroatoms. The third-order valence-corrected chi connectivity index (χ3v) is 4.37. The summed E-state index contributed by atoms with van der Waals surface area (Å²) in [7, 11) is 1.93. The van der Waals surface area contributed by atoms with E-state index in [0.717, 1.165) is 31.6 Å². The molecule has 1 aliphatic rings. The van der Waals surface area contributed by atoms with Gasteiger partial charge in [0, 0.05) is 13.1 Å². The lowest BCUT2D eigenvalue weighted by Crippen LogP contribution is -2.42. The number of aromatic nitrogens is 2. The van der Waals surface area contributed by atoms with Gasteiger partial charge in [-0.2, -0.15) is 0 Å². The summed E-state index contributed by atoms with van der Waals surface area (Å²) in [5.74, 6) is 0.204. The Balaban J connectivity index is 2.19. The van der Waals surface area contributed by atoms with E-state index in [-0.39, 0.29) is 17.5 Å². The average molecular weight is 278 g/mol. The second-order valence-electron chi connectivity index (χ2n) is 6.12. The molecule has 0 aliphatic carbocycles. The first-order valence-electron chi connectivity index (χ1n) is 7.47. The van der Waals surface area contributed by atoms with Crippen molar-refractivity contribution >= 4 is 5.91 Å². The fourth-order valence-electron chi connectivity index (χ4n) is 2.72. The zero-order valence-corrected chi connectivity index (χ0v) is 13.0. The molecule has 1 N–H and O–H groups in total. The van der Waals surface area contributed by atoms with Crippen molar-refractivity contribution in [2.24, 2.45) is 0 Å². The Hall–Kier alpha value is -1.36. The van der Waals surface area contributed by atoms with Crippen LogP contribution in [0.5, 0.6) is 0 Å². The van der Waals surface area contributed by atoms with Gasteiger partial charge in [-0.15, -0.1) is 0 Å². The summed E-state index contributed by atoms with van der Waals surface area (Å²) in [4.78, 5) is 18.8. The van der Waals surface area contributed by atoms with Crippen molar-refractivity contribution in [3.8, 4) is 0 Å². The van der Waals surface area contributed by atoms with E-state index >= 15 is 0 Å². The topological polar surface area (TPSA) is 50.2 Å². The third kappa shape index (κ3) is 2.87. The molecule has 2 rings (SSSR count). The second kappa shape index (κ2) is 5.95. The molecule has 5 nitrogen and oxygen atoms in total. The summed E-state index contributed by atoms with van der Waals surface area (Å²) in [6, 6.07) is -0.196. The molecule has 0 radical (unpaired) electrons. The van der Waals surface area contributed by atoms with Gasteiger partial charge in [0.05, 0.1) is 23.8 Å². The van der Waals surface area contributed by atoms with E-state index in [1.165, 1.54) is 6.42 Å². The van der Waals surface area contributed by atoms with Gasteiger partial charge >= 0.3 is 0 Å². The number of carbonyl (C=O) groups is 1. The van der Waals surface area contributed by atoms with Crippen LogP contribution in [-0.4, -0.2) is 40.5 Å². The fourth-order valence-corrected chi connectivity index (χ4v) is 2.72. The number of piperidine rings is 1. The molecule has 20 heavy (non-hydrogen) atoms. The van der Waals surface area contributed by atoms with Crippen molar-refractivity contribution in [1.29, 1.82) is 0 Å². The molecule has 1 amide bonds. The van der Waals surface area contributed by atoms with E-state index < -0.39 is 0 Å². The number of nitrogens with one attached hydrogen (secondary N) is 1. The highest BCUT2D eigenvalue weighted by Crippen LogP contribution is 2.24. The van der Waals surface area contributed by atoms with Gasteiger partial charge in [0.15, 0.2) is 0 Å². The molecule has 2 heterocycles. The SMILES string of the molecule is CNC(C)(C)c1cncn1C(C)C(=O)N1CCCCC1. The number of likely N-dealkylation sites (tertiary alicyclic amines) is 1. The molecular formula is C15H26N4O. The summed E-state index contributed by atoms with van der Waals surface area (Å²) in [5, 5.41) is 3.27. The first-order chi connectivity index (χ1) is 9.47. The molecule has 0 spiro atoms. The monoisotopic (exact) mass is 278 g/mol. The van der Waals surface area contributed by atoms with E-state index in [1.807, 2.05) is 29.6 Å². The first kappa shape index (κ1) is 15.0. The molecule has 1 fully saturated rings. The molecule has 1 aliphatic heterocycles. The number of hydrogen-bond donors (Lipinski definition) is 1. The van der Waals surface area contributed by atoms with Crippen molar-refractivity contribution in [2.75, 3.05) is 20.1 Å². The Morgan fingerprint density at radius 3 is 2.60 bits per heavy atom. The van der Waals surface area contributed by atoms with Gasteiger partial charge in [0.1, 0.15) is 6.04 Å². The van der Waals surface area contributed by atoms with Crippen molar-refractivity contribution in [3.05, 3.63) is 18.2 Å². The maximum Gasteiger partial charge on any atom is 0.245 e. The van der Waals surface area contributed by atoms with E-state index in [9.17, 15) is 4.79 Å². The Morgan fingerprint density at radius 2 is 2.00 bits per heavy atom. The van der Waals surface area contributed by atoms with E-state index in [2.05, 4.69) is 24.1 Å². The zero-order valence-electron chi connectivity index (χ0n) is 13.0. The van der Waals surface area contributed by atoms with Crippen molar-refractivity contribution in [3.63, 3.8) is 0 Å². The van der Waals surface area contributed by atoms with Crippen LogP contribution in [-0.2, 0) is 10.3 Å². The van der Waals surface area contributed by atoms with Crippen LogP contribution in [0.4, 0.5) is 0 Å². The van der Waals surface area contributed by atoms with E-state index in [1.54, 1.807) is 6.33 Å². The zero-order chi connectivity index (χ0) is 14.8. The van der Waals surface area contributed by atoms with Crippen molar-refractivity contribution in [1.82, 2.24) is 19.8 Å². The molecule has 1 unspecified atom stereocenters. The van der Waals surface area contributed by atoms with Crippen LogP contribution in [0.25, 0.3) is 0 Å². The van der Waals surface area contributed by atoms with Crippen LogP contribution in [0.15, 0.2) is 12.5 Å². The number of imidazole rings is 1. The van der Waals surface area contributed by atoms with Gasteiger partial charge in [-0.25, -0.2) is 4.98 Å². The third-order valence-electron chi connectivity index (χ3n) is 4.37. The number of carbonyl (C=O) groups excluding carboxylic acids is 1. The number of nitrogens with zero attached hydrogens (tertiary/aromatic N) is 3. The maximum absolute atomic E-state index is 12.6. The van der Waals surface area contributed by atoms with Crippen LogP contribution < -0.4 is 5.32 Å². The Bertz CT molecular complexity index is 460. The van der Waals surface area contributed by atoms with E-state index in [4.69, 9.17) is 0 Å². The average Bonchev–Trinajstić information content (AvgIpc) is 2.97. The lowest BCUT2D eigenvalue weighted by atomic mass is 10.0. The van der Waals surface area contributed by atoms with Gasteiger partial charge in [0.25, 0.3) is 0 Å². The number of hydrogen-bond acceptors (Lipinski definition) is 3. The smallest absolute Gasteiger partial charge is 0.245 e. The predicted octanol–water partition coefficient (Wildman–Crippen LogP) is 1.91. The van der Waals surface area contributed by atoms with Crippen molar-refractivity contribution < 1.29 is 4.79 Å². The van der Waals surface area contributed by atoms with Gasteiger partial charge in [-0.05, 0) is 47.1 Å². The molecule has 1 atom stereocenters. The maximum atomic E-state index is 12.6. The quantitative estimate of drug-likeness (QED) is 0.915. The molecule has 1 aromatic heterocycles. The summed E-state index contributed by atoms with van der Waals surface area (Å²) < 4.78 is 1.99. The van der Waals surface area contributed by atoms with Crippen LogP contribution in [0.1, 0.15) is 51.8 Å². The van der Waals surface area contributed by atoms with Gasteiger partial charge < -0.3 is 14.8 Å². The molecule has 0 saturated carbocycles. The standard InChI is InChI=1S/C15H26N4O/c1-12(14(20)18-8-6-5-7-9-18)19-11-17-10-13(19)15(2,3)16-4/h10-12,16H,5-9H2,1-4H3. The van der Waals surface area contributed by atoms with Crippen LogP contribution in [0.3, 0.4) is 0 Å². The lowest BCUT2D eigenvalue weighted by molar-refractivity contribution is -0.135. The Morgan fingerprint density at radius 1 is 1.35 bits per heavy atom. The van der Waals surface area contributed by atoms with E-state index in [0.29, 0.717) is 0 Å². The fraction of sp³-hybridized carbons (Fsp3) is 0.733. The van der Waals surface area contributed by atoms with Crippen LogP contribution >= 0.6 is 0 Å². The normalized spacial score (nSPS) is 18.1. The van der Waals surface area contributed by atoms with Crippen LogP contribution in [0, 0.1) is 0 Å². The summed E-state index contributed by atoms with van der Waals surface area (Å²) in [5.41, 5.74) is 0.838. The minimum atomic E-state index is -0.201. The molecule has 0 bridgehead atoms. The molecule has 1 saturated heterocycles. The van der Waals surface area contributed by atoms with Gasteiger partial charge in [-0.1, -0.05) is 0 Å². The molecule has 0 aromatic carbocycles. The summed E-state index contributed by atoms with van der Waals surface area (Å²) in [6.07, 6.45) is 7.09. The highest BCUT2D eigenvalue weighted by Gasteiger charge is 2.29. The molecular weight excluding hydrogens is 252 g/mol. The molecule has 1 aromatic rings. The highest BCUT2D eigenvalue weighted by atomic mass is 16.2. The first-order valence-corrected chi connectivity index (χ1v) is 7.47. The second-order valence-corrected chi connectivity index (χ2v) is 6.12. The largest absolute Gasteiger partial charge is 0.341 e. The Labute approximate surface area is 121 Å². The molecule has 112 valence electrons. The lowest BCUT2D eigenvalue weighted by Gasteiger charge is -2.32. The van der Waals surface area contributed by atoms with Gasteiger partial charge in [-0.3, -0.25) is 4.79 Å². The highest BCUT2D eigenvalue weighted by molar-refractivity contribution is 5.80. The minimum absolute atomic E-state index is 0.196. The Kier molecular flexibility index (Phi) is 4.48.